The van der Waals surface area contributed by atoms with Crippen LogP contribution in [0, 0.1) is 5.41 Å². The zero-order chi connectivity index (χ0) is 19.2. The topological polar surface area (TPSA) is 75.7 Å². The highest BCUT2D eigenvalue weighted by Gasteiger charge is 2.41. The van der Waals surface area contributed by atoms with Gasteiger partial charge in [-0.1, -0.05) is 25.6 Å². The van der Waals surface area contributed by atoms with Crippen molar-refractivity contribution >= 4 is 23.5 Å². The molecule has 0 bridgehead atoms. The second-order valence-electron chi connectivity index (χ2n) is 6.58. The molecule has 1 fully saturated rings. The summed E-state index contributed by atoms with van der Waals surface area (Å²) in [5.41, 5.74) is 0.993. The summed E-state index contributed by atoms with van der Waals surface area (Å²) >= 11 is 0. The fraction of sp³-hybridized carbons (Fsp3) is 0.450. The van der Waals surface area contributed by atoms with E-state index in [1.807, 2.05) is 13.0 Å². The second-order valence-corrected chi connectivity index (χ2v) is 6.58. The summed E-state index contributed by atoms with van der Waals surface area (Å²) in [6.45, 7) is 6.50. The van der Waals surface area contributed by atoms with Crippen LogP contribution in [0.5, 0.6) is 0 Å². The van der Waals surface area contributed by atoms with Gasteiger partial charge in [-0.2, -0.15) is 0 Å². The number of rotatable bonds is 6. The predicted octanol–water partition coefficient (Wildman–Crippen LogP) is 2.55. The summed E-state index contributed by atoms with van der Waals surface area (Å²) in [7, 11) is 1.41. The van der Waals surface area contributed by atoms with Crippen LogP contribution in [0.15, 0.2) is 36.9 Å². The van der Waals surface area contributed by atoms with Crippen molar-refractivity contribution in [3.8, 4) is 0 Å². The number of nitrogens with zero attached hydrogens (tertiary/aromatic N) is 1. The highest BCUT2D eigenvalue weighted by atomic mass is 16.5. The van der Waals surface area contributed by atoms with Crippen molar-refractivity contribution in [3.05, 3.63) is 42.5 Å². The van der Waals surface area contributed by atoms with Crippen LogP contribution in [0.1, 0.15) is 31.7 Å². The average molecular weight is 358 g/mol. The van der Waals surface area contributed by atoms with Crippen LogP contribution in [0.25, 0.3) is 0 Å². The van der Waals surface area contributed by atoms with Gasteiger partial charge in [-0.3, -0.25) is 14.4 Å². The number of piperidine rings is 1. The molecule has 0 aromatic heterocycles. The lowest BCUT2D eigenvalue weighted by Gasteiger charge is -2.39. The number of esters is 1. The van der Waals surface area contributed by atoms with Gasteiger partial charge in [0.15, 0.2) is 0 Å². The van der Waals surface area contributed by atoms with E-state index >= 15 is 0 Å². The van der Waals surface area contributed by atoms with Crippen LogP contribution in [-0.2, 0) is 25.5 Å². The first-order chi connectivity index (χ1) is 12.4. The molecule has 2 amide bonds. The highest BCUT2D eigenvalue weighted by Crippen LogP contribution is 2.36. The van der Waals surface area contributed by atoms with E-state index in [0.29, 0.717) is 38.0 Å². The molecule has 1 aliphatic rings. The monoisotopic (exact) mass is 358 g/mol. The Labute approximate surface area is 154 Å². The summed E-state index contributed by atoms with van der Waals surface area (Å²) in [4.78, 5) is 37.9. The maximum absolute atomic E-state index is 12.6. The lowest BCUT2D eigenvalue weighted by Crippen LogP contribution is -2.47. The minimum atomic E-state index is -0.472. The molecule has 2 rings (SSSR count). The van der Waals surface area contributed by atoms with Gasteiger partial charge in [-0.05, 0) is 43.0 Å². The van der Waals surface area contributed by atoms with Crippen LogP contribution >= 0.6 is 0 Å². The summed E-state index contributed by atoms with van der Waals surface area (Å²) < 4.78 is 4.95. The number of nitrogens with one attached hydrogen (secondary N) is 1. The molecular formula is C20H26N2O4. The van der Waals surface area contributed by atoms with Crippen LogP contribution in [-0.4, -0.2) is 42.9 Å². The number of carbonyl (C=O) groups excluding carboxylic acids is 3. The molecule has 140 valence electrons. The smallest absolute Gasteiger partial charge is 0.311 e. The molecule has 1 aromatic rings. The summed E-state index contributed by atoms with van der Waals surface area (Å²) in [6, 6.07) is 7.21. The van der Waals surface area contributed by atoms with Crippen molar-refractivity contribution in [2.75, 3.05) is 25.5 Å². The molecule has 0 spiro atoms. The van der Waals surface area contributed by atoms with Gasteiger partial charge in [-0.15, -0.1) is 0 Å². The van der Waals surface area contributed by atoms with Gasteiger partial charge >= 0.3 is 5.97 Å². The molecule has 1 saturated heterocycles. The minimum absolute atomic E-state index is 0.0202. The van der Waals surface area contributed by atoms with E-state index in [-0.39, 0.29) is 24.2 Å². The van der Waals surface area contributed by atoms with E-state index in [1.54, 1.807) is 23.1 Å². The van der Waals surface area contributed by atoms with E-state index in [0.717, 1.165) is 5.56 Å². The van der Waals surface area contributed by atoms with Crippen molar-refractivity contribution in [2.45, 2.75) is 32.6 Å². The number of benzene rings is 1. The third-order valence-corrected chi connectivity index (χ3v) is 5.10. The molecule has 0 unspecified atom stereocenters. The quantitative estimate of drug-likeness (QED) is 0.626. The first-order valence-electron chi connectivity index (χ1n) is 8.82. The molecule has 1 N–H and O–H groups in total. The third-order valence-electron chi connectivity index (χ3n) is 5.10. The Morgan fingerprint density at radius 1 is 1.31 bits per heavy atom. The molecule has 0 saturated carbocycles. The normalized spacial score (nSPS) is 15.8. The Morgan fingerprint density at radius 3 is 2.58 bits per heavy atom. The molecule has 0 radical (unpaired) electrons. The number of hydrogen-bond donors (Lipinski definition) is 1. The number of carbonyl (C=O) groups is 3. The van der Waals surface area contributed by atoms with E-state index < -0.39 is 5.41 Å². The van der Waals surface area contributed by atoms with E-state index in [1.165, 1.54) is 13.2 Å². The van der Waals surface area contributed by atoms with Gasteiger partial charge in [0.1, 0.15) is 0 Å². The van der Waals surface area contributed by atoms with Crippen LogP contribution in [0.3, 0.4) is 0 Å². The van der Waals surface area contributed by atoms with Crippen molar-refractivity contribution in [2.24, 2.45) is 5.41 Å². The maximum atomic E-state index is 12.6. The van der Waals surface area contributed by atoms with Crippen molar-refractivity contribution in [1.82, 2.24) is 4.90 Å². The molecule has 1 aliphatic heterocycles. The number of methoxy groups -OCH3 is 1. The lowest BCUT2D eigenvalue weighted by atomic mass is 9.76. The van der Waals surface area contributed by atoms with Crippen molar-refractivity contribution in [3.63, 3.8) is 0 Å². The molecule has 0 aliphatic carbocycles. The number of anilines is 1. The van der Waals surface area contributed by atoms with E-state index in [9.17, 15) is 14.4 Å². The minimum Gasteiger partial charge on any atom is -0.469 e. The Kier molecular flexibility index (Phi) is 6.55. The summed E-state index contributed by atoms with van der Waals surface area (Å²) in [6.07, 6.45) is 3.42. The van der Waals surface area contributed by atoms with E-state index in [4.69, 9.17) is 4.74 Å². The van der Waals surface area contributed by atoms with Crippen LogP contribution in [0.2, 0.25) is 0 Å². The van der Waals surface area contributed by atoms with Gasteiger partial charge < -0.3 is 15.0 Å². The lowest BCUT2D eigenvalue weighted by molar-refractivity contribution is -0.158. The van der Waals surface area contributed by atoms with Crippen molar-refractivity contribution in [1.29, 1.82) is 0 Å². The summed E-state index contributed by atoms with van der Waals surface area (Å²) in [5.74, 6) is -0.451. The van der Waals surface area contributed by atoms with Crippen molar-refractivity contribution < 1.29 is 19.1 Å². The van der Waals surface area contributed by atoms with Gasteiger partial charge in [0.2, 0.25) is 11.8 Å². The largest absolute Gasteiger partial charge is 0.469 e. The zero-order valence-corrected chi connectivity index (χ0v) is 15.4. The number of ether oxygens (including phenoxy) is 1. The Bertz CT molecular complexity index is 691. The van der Waals surface area contributed by atoms with Crippen LogP contribution < -0.4 is 5.32 Å². The summed E-state index contributed by atoms with van der Waals surface area (Å²) in [5, 5.41) is 2.69. The molecule has 26 heavy (non-hydrogen) atoms. The third kappa shape index (κ3) is 4.50. The molecule has 1 aromatic carbocycles. The molecule has 0 atom stereocenters. The van der Waals surface area contributed by atoms with Gasteiger partial charge in [-0.25, -0.2) is 0 Å². The van der Waals surface area contributed by atoms with Gasteiger partial charge in [0.25, 0.3) is 0 Å². The fourth-order valence-corrected chi connectivity index (χ4v) is 3.34. The van der Waals surface area contributed by atoms with E-state index in [2.05, 4.69) is 11.9 Å². The highest BCUT2D eigenvalue weighted by molar-refractivity contribution is 5.99. The first-order valence-corrected chi connectivity index (χ1v) is 8.82. The Morgan fingerprint density at radius 2 is 2.00 bits per heavy atom. The van der Waals surface area contributed by atoms with Crippen LogP contribution in [0.4, 0.5) is 5.69 Å². The van der Waals surface area contributed by atoms with Gasteiger partial charge in [0, 0.05) is 18.8 Å². The maximum Gasteiger partial charge on any atom is 0.311 e. The Balaban J connectivity index is 1.97. The average Bonchev–Trinajstić information content (AvgIpc) is 2.67. The number of amides is 2. The standard InChI is InChI=1S/C20H26N2O4/c1-4-17(23)21-16-8-6-7-15(13-16)14-18(24)22-11-9-20(5-2,10-12-22)19(25)26-3/h4,6-8,13H,1,5,9-12,14H2,2-3H3,(H,21,23). The predicted molar refractivity (Wildman–Crippen MR) is 99.5 cm³/mol. The van der Waals surface area contributed by atoms with Gasteiger partial charge in [0.05, 0.1) is 18.9 Å². The fourth-order valence-electron chi connectivity index (χ4n) is 3.34. The molecule has 6 heteroatoms. The zero-order valence-electron chi connectivity index (χ0n) is 15.4. The molecule has 1 heterocycles. The molecule has 6 nitrogen and oxygen atoms in total. The second kappa shape index (κ2) is 8.65. The first kappa shape index (κ1) is 19.7. The molecular weight excluding hydrogens is 332 g/mol. The SMILES string of the molecule is C=CC(=O)Nc1cccc(CC(=O)N2CCC(CC)(C(=O)OC)CC2)c1. The number of likely N-dealkylation sites (tertiary alicyclic amines) is 1. The Hall–Kier alpha value is -2.63. The number of hydrogen-bond acceptors (Lipinski definition) is 4.